The molecule has 176 valence electrons. The van der Waals surface area contributed by atoms with Gasteiger partial charge in [-0.1, -0.05) is 26.0 Å². The van der Waals surface area contributed by atoms with Crippen LogP contribution < -0.4 is 15.2 Å². The van der Waals surface area contributed by atoms with Gasteiger partial charge in [-0.05, 0) is 60.2 Å². The minimum atomic E-state index is -0.580. The molecule has 1 aliphatic heterocycles. The number of hydrogen-bond donors (Lipinski definition) is 1. The van der Waals surface area contributed by atoms with Crippen LogP contribution in [0.25, 0.3) is 0 Å². The van der Waals surface area contributed by atoms with E-state index in [0.717, 1.165) is 28.0 Å². The maximum atomic E-state index is 13.2. The zero-order valence-electron chi connectivity index (χ0n) is 20.3. The summed E-state index contributed by atoms with van der Waals surface area (Å²) in [6.45, 7) is 8.39. The lowest BCUT2D eigenvalue weighted by molar-refractivity contribution is -0.119. The number of allylic oxidation sites excluding steroid dienone is 3. The van der Waals surface area contributed by atoms with Crippen molar-refractivity contribution < 1.29 is 19.0 Å². The van der Waals surface area contributed by atoms with Crippen LogP contribution in [0.2, 0.25) is 0 Å². The van der Waals surface area contributed by atoms with E-state index < -0.39 is 5.92 Å². The summed E-state index contributed by atoms with van der Waals surface area (Å²) in [5, 5.41) is 9.90. The summed E-state index contributed by atoms with van der Waals surface area (Å²) in [4.78, 5) is 13.2. The summed E-state index contributed by atoms with van der Waals surface area (Å²) in [5.41, 5.74) is 10.5. The average molecular weight is 459 g/mol. The van der Waals surface area contributed by atoms with Crippen molar-refractivity contribution in [2.45, 2.75) is 53.1 Å². The van der Waals surface area contributed by atoms with E-state index in [1.54, 1.807) is 7.11 Å². The molecule has 0 saturated carbocycles. The largest absolute Gasteiger partial charge is 0.496 e. The summed E-state index contributed by atoms with van der Waals surface area (Å²) < 4.78 is 17.4. The van der Waals surface area contributed by atoms with Crippen molar-refractivity contribution in [2.75, 3.05) is 7.11 Å². The van der Waals surface area contributed by atoms with Crippen LogP contribution in [0.4, 0.5) is 0 Å². The Morgan fingerprint density at radius 1 is 1.15 bits per heavy atom. The number of nitriles is 1. The number of methoxy groups -OCH3 is 1. The van der Waals surface area contributed by atoms with Gasteiger partial charge in [-0.2, -0.15) is 5.26 Å². The zero-order valence-corrected chi connectivity index (χ0v) is 20.3. The van der Waals surface area contributed by atoms with E-state index in [4.69, 9.17) is 19.9 Å². The molecule has 6 heteroatoms. The Labute approximate surface area is 200 Å². The Morgan fingerprint density at radius 2 is 1.85 bits per heavy atom. The molecule has 0 spiro atoms. The molecule has 2 aliphatic rings. The fourth-order valence-electron chi connectivity index (χ4n) is 4.89. The molecule has 1 heterocycles. The molecule has 0 radical (unpaired) electrons. The van der Waals surface area contributed by atoms with Gasteiger partial charge in [0, 0.05) is 24.0 Å². The van der Waals surface area contributed by atoms with E-state index in [-0.39, 0.29) is 29.3 Å². The van der Waals surface area contributed by atoms with Gasteiger partial charge < -0.3 is 19.9 Å². The summed E-state index contributed by atoms with van der Waals surface area (Å²) in [6, 6.07) is 13.9. The molecule has 0 bridgehead atoms. The van der Waals surface area contributed by atoms with E-state index in [0.29, 0.717) is 29.9 Å². The Kier molecular flexibility index (Phi) is 6.14. The highest BCUT2D eigenvalue weighted by molar-refractivity contribution is 6.00. The highest BCUT2D eigenvalue weighted by atomic mass is 16.5. The SMILES string of the molecule is COc1ccc(C2C(C#N)=C(N)OC3=C2C(=O)CC(C)(C)C3)cc1COc1cc(C)cc(C)c1. The summed E-state index contributed by atoms with van der Waals surface area (Å²) in [5.74, 6) is 1.46. The van der Waals surface area contributed by atoms with Gasteiger partial charge in [-0.15, -0.1) is 0 Å². The fraction of sp³-hybridized carbons (Fsp3) is 0.357. The number of aryl methyl sites for hydroxylation is 2. The third kappa shape index (κ3) is 4.51. The number of ether oxygens (including phenoxy) is 3. The van der Waals surface area contributed by atoms with Crippen LogP contribution in [0.1, 0.15) is 54.9 Å². The van der Waals surface area contributed by atoms with Crippen LogP contribution in [0.15, 0.2) is 59.2 Å². The molecule has 1 unspecified atom stereocenters. The van der Waals surface area contributed by atoms with E-state index in [1.165, 1.54) is 0 Å². The Hall–Kier alpha value is -3.72. The topological polar surface area (TPSA) is 94.6 Å². The number of carbonyl (C=O) groups is 1. The zero-order chi connectivity index (χ0) is 24.6. The first-order chi connectivity index (χ1) is 16.1. The number of nitrogens with two attached hydrogens (primary N) is 1. The van der Waals surface area contributed by atoms with E-state index in [9.17, 15) is 10.1 Å². The molecule has 1 atom stereocenters. The maximum absolute atomic E-state index is 13.2. The van der Waals surface area contributed by atoms with Crippen molar-refractivity contribution in [3.63, 3.8) is 0 Å². The lowest BCUT2D eigenvalue weighted by Crippen LogP contribution is -2.33. The van der Waals surface area contributed by atoms with Gasteiger partial charge in [0.15, 0.2) is 5.78 Å². The van der Waals surface area contributed by atoms with E-state index in [1.807, 2.05) is 58.0 Å². The highest BCUT2D eigenvalue weighted by Crippen LogP contribution is 2.48. The van der Waals surface area contributed by atoms with E-state index >= 15 is 0 Å². The third-order valence-electron chi connectivity index (χ3n) is 6.30. The molecule has 0 fully saturated rings. The van der Waals surface area contributed by atoms with Gasteiger partial charge >= 0.3 is 0 Å². The molecular weight excluding hydrogens is 428 g/mol. The van der Waals surface area contributed by atoms with Crippen molar-refractivity contribution in [3.8, 4) is 17.6 Å². The molecule has 0 aromatic heterocycles. The third-order valence-corrected chi connectivity index (χ3v) is 6.30. The summed E-state index contributed by atoms with van der Waals surface area (Å²) in [7, 11) is 1.61. The van der Waals surface area contributed by atoms with Gasteiger partial charge in [0.1, 0.15) is 35.5 Å². The summed E-state index contributed by atoms with van der Waals surface area (Å²) >= 11 is 0. The first-order valence-corrected chi connectivity index (χ1v) is 11.3. The minimum Gasteiger partial charge on any atom is -0.496 e. The van der Waals surface area contributed by atoms with Crippen molar-refractivity contribution in [1.29, 1.82) is 5.26 Å². The number of benzene rings is 2. The number of carbonyl (C=O) groups excluding carboxylic acids is 1. The van der Waals surface area contributed by atoms with Gasteiger partial charge in [0.2, 0.25) is 5.88 Å². The normalized spacial score (nSPS) is 19.3. The summed E-state index contributed by atoms with van der Waals surface area (Å²) in [6.07, 6.45) is 0.978. The van der Waals surface area contributed by atoms with Crippen LogP contribution in [0.5, 0.6) is 11.5 Å². The first kappa shape index (κ1) is 23.4. The maximum Gasteiger partial charge on any atom is 0.205 e. The second kappa shape index (κ2) is 8.90. The van der Waals surface area contributed by atoms with Gasteiger partial charge in [0.25, 0.3) is 0 Å². The number of Topliss-reactive ketones (excluding diaryl/α,β-unsaturated/α-hetero) is 1. The molecule has 1 aliphatic carbocycles. The quantitative estimate of drug-likeness (QED) is 0.650. The number of nitrogens with zero attached hydrogens (tertiary/aromatic N) is 1. The number of ketones is 1. The lowest BCUT2D eigenvalue weighted by Gasteiger charge is -2.37. The molecule has 0 saturated heterocycles. The van der Waals surface area contributed by atoms with Crippen molar-refractivity contribution in [3.05, 3.63) is 81.4 Å². The second-order valence-corrected chi connectivity index (χ2v) is 9.89. The molecule has 34 heavy (non-hydrogen) atoms. The van der Waals surface area contributed by atoms with Crippen LogP contribution in [-0.2, 0) is 16.1 Å². The van der Waals surface area contributed by atoms with Crippen LogP contribution in [0.3, 0.4) is 0 Å². The monoisotopic (exact) mass is 458 g/mol. The van der Waals surface area contributed by atoms with E-state index in [2.05, 4.69) is 12.1 Å². The van der Waals surface area contributed by atoms with Crippen LogP contribution >= 0.6 is 0 Å². The predicted octanol–water partition coefficient (Wildman–Crippen LogP) is 5.34. The molecule has 2 aromatic carbocycles. The first-order valence-electron chi connectivity index (χ1n) is 11.3. The van der Waals surface area contributed by atoms with Gasteiger partial charge in [0.05, 0.1) is 13.0 Å². The molecule has 4 rings (SSSR count). The second-order valence-electron chi connectivity index (χ2n) is 9.89. The number of rotatable bonds is 5. The van der Waals surface area contributed by atoms with Crippen molar-refractivity contribution >= 4 is 5.78 Å². The molecule has 2 N–H and O–H groups in total. The van der Waals surface area contributed by atoms with Gasteiger partial charge in [-0.3, -0.25) is 4.79 Å². The van der Waals surface area contributed by atoms with Crippen LogP contribution in [-0.4, -0.2) is 12.9 Å². The van der Waals surface area contributed by atoms with Crippen LogP contribution in [0, 0.1) is 30.6 Å². The Bertz CT molecular complexity index is 1240. The highest BCUT2D eigenvalue weighted by Gasteiger charge is 2.43. The Morgan fingerprint density at radius 3 is 2.50 bits per heavy atom. The van der Waals surface area contributed by atoms with Crippen molar-refractivity contribution in [2.24, 2.45) is 11.1 Å². The average Bonchev–Trinajstić information content (AvgIpc) is 2.75. The molecule has 6 nitrogen and oxygen atoms in total. The number of hydrogen-bond acceptors (Lipinski definition) is 6. The lowest BCUT2D eigenvalue weighted by atomic mass is 9.70. The van der Waals surface area contributed by atoms with Gasteiger partial charge in [-0.25, -0.2) is 0 Å². The predicted molar refractivity (Wildman–Crippen MR) is 129 cm³/mol. The molecule has 2 aromatic rings. The van der Waals surface area contributed by atoms with Crippen molar-refractivity contribution in [1.82, 2.24) is 0 Å². The standard InChI is InChI=1S/C28H30N2O4/c1-16-8-17(2)10-20(9-16)33-15-19-11-18(6-7-23(19)32-5)25-21(14-29)27(30)34-24-13-28(3,4)12-22(31)26(24)25/h6-11,25H,12-13,15,30H2,1-5H3. The Balaban J connectivity index is 1.75. The minimum absolute atomic E-state index is 0.0136. The molecular formula is C28H30N2O4. The molecule has 0 amide bonds. The fourth-order valence-corrected chi connectivity index (χ4v) is 4.89. The smallest absolute Gasteiger partial charge is 0.205 e.